The van der Waals surface area contributed by atoms with Gasteiger partial charge in [-0.25, -0.2) is 0 Å². The third-order valence-corrected chi connectivity index (χ3v) is 7.85. The van der Waals surface area contributed by atoms with Gasteiger partial charge in [-0.1, -0.05) is 52.2 Å². The van der Waals surface area contributed by atoms with Crippen molar-refractivity contribution in [3.05, 3.63) is 0 Å². The minimum absolute atomic E-state index is 0. The van der Waals surface area contributed by atoms with Crippen LogP contribution in [-0.2, 0) is 0 Å². The average Bonchev–Trinajstić information content (AvgIpc) is 2.11. The molecule has 0 aromatic heterocycles. The summed E-state index contributed by atoms with van der Waals surface area (Å²) in [5, 5.41) is 0. The van der Waals surface area contributed by atoms with Crippen LogP contribution in [0.1, 0.15) is 41.0 Å². The zero-order valence-electron chi connectivity index (χ0n) is 11.7. The Morgan fingerprint density at radius 1 is 1.43 bits per heavy atom. The van der Waals surface area contributed by atoms with Crippen LogP contribution in [0.25, 0.3) is 0 Å². The van der Waals surface area contributed by atoms with Gasteiger partial charge in [-0.15, -0.1) is 12.3 Å². The molecule has 2 heteroatoms. The molecule has 1 aliphatic heterocycles. The maximum atomic E-state index is 4.78. The van der Waals surface area contributed by atoms with Crippen LogP contribution < -0.4 is 18.9 Å². The van der Waals surface area contributed by atoms with Gasteiger partial charge in [0.05, 0.1) is 8.07 Å². The smallest absolute Gasteiger partial charge is 1.00 e. The SMILES string of the molecule is C#CCC.CC1CCCC[Si]1(C)C.[H-].[Li+]. The first-order valence-electron chi connectivity index (χ1n) is 5.48. The largest absolute Gasteiger partial charge is 1.00 e. The minimum atomic E-state index is -0.694. The van der Waals surface area contributed by atoms with E-state index >= 15 is 0 Å². The molecule has 1 saturated heterocycles. The van der Waals surface area contributed by atoms with Crippen LogP contribution in [0, 0.1) is 12.3 Å². The maximum absolute atomic E-state index is 4.78. The summed E-state index contributed by atoms with van der Waals surface area (Å²) >= 11 is 0. The van der Waals surface area contributed by atoms with E-state index in [4.69, 9.17) is 6.42 Å². The second-order valence-electron chi connectivity index (χ2n) is 4.69. The molecule has 0 aromatic rings. The first-order chi connectivity index (χ1) is 6.04. The van der Waals surface area contributed by atoms with E-state index in [2.05, 4.69) is 25.9 Å². The molecule has 1 heterocycles. The van der Waals surface area contributed by atoms with Crippen molar-refractivity contribution in [1.82, 2.24) is 0 Å². The summed E-state index contributed by atoms with van der Waals surface area (Å²) in [6.07, 6.45) is 10.2. The van der Waals surface area contributed by atoms with Crippen LogP contribution in [0.4, 0.5) is 0 Å². The summed E-state index contributed by atoms with van der Waals surface area (Å²) < 4.78 is 0. The molecule has 0 nitrogen and oxygen atoms in total. The molecule has 0 aliphatic carbocycles. The van der Waals surface area contributed by atoms with E-state index in [1.807, 2.05) is 6.92 Å². The molecule has 1 fully saturated rings. The van der Waals surface area contributed by atoms with E-state index in [1.165, 1.54) is 19.3 Å². The van der Waals surface area contributed by atoms with Gasteiger partial charge < -0.3 is 1.43 Å². The molecule has 0 spiro atoms. The molecule has 14 heavy (non-hydrogen) atoms. The quantitative estimate of drug-likeness (QED) is 0.413. The van der Waals surface area contributed by atoms with E-state index in [9.17, 15) is 0 Å². The number of terminal acetylenes is 1. The Bertz CT molecular complexity index is 175. The Balaban J connectivity index is -0.000000213. The maximum Gasteiger partial charge on any atom is 1.00 e. The number of hydrogen-bond donors (Lipinski definition) is 0. The van der Waals surface area contributed by atoms with E-state index < -0.39 is 8.07 Å². The van der Waals surface area contributed by atoms with Gasteiger partial charge in [0.1, 0.15) is 0 Å². The molecular weight excluding hydrogens is 179 g/mol. The topological polar surface area (TPSA) is 0 Å². The molecule has 78 valence electrons. The molecule has 0 radical (unpaired) electrons. The summed E-state index contributed by atoms with van der Waals surface area (Å²) in [5.41, 5.74) is 1.09. The van der Waals surface area contributed by atoms with Gasteiger partial charge in [0.25, 0.3) is 0 Å². The third kappa shape index (κ3) is 6.77. The third-order valence-electron chi connectivity index (χ3n) is 3.25. The second-order valence-corrected chi connectivity index (χ2v) is 10.2. The standard InChI is InChI=1S/C8H18Si.C4H6.Li.H/c1-8-6-4-5-7-9(8,2)3;1-3-4-2;;/h8H,4-7H2,1-3H3;1H,4H2,2H3;;/q;;+1;-1. The predicted octanol–water partition coefficient (Wildman–Crippen LogP) is 1.41. The Morgan fingerprint density at radius 3 is 2.14 bits per heavy atom. The molecule has 0 saturated carbocycles. The van der Waals surface area contributed by atoms with Crippen molar-refractivity contribution in [3.8, 4) is 12.3 Å². The van der Waals surface area contributed by atoms with Crippen molar-refractivity contribution < 1.29 is 20.3 Å². The zero-order valence-corrected chi connectivity index (χ0v) is 11.7. The monoisotopic (exact) mass is 204 g/mol. The summed E-state index contributed by atoms with van der Waals surface area (Å²) in [5.74, 6) is 2.43. The van der Waals surface area contributed by atoms with Crippen LogP contribution in [-0.4, -0.2) is 8.07 Å². The Labute approximate surface area is 105 Å². The first-order valence-corrected chi connectivity index (χ1v) is 8.76. The normalized spacial score (nSPS) is 23.5. The molecule has 1 aliphatic rings. The van der Waals surface area contributed by atoms with Crippen LogP contribution in [0.2, 0.25) is 24.7 Å². The van der Waals surface area contributed by atoms with Crippen LogP contribution in [0.5, 0.6) is 0 Å². The van der Waals surface area contributed by atoms with Gasteiger partial charge in [-0.05, 0) is 5.54 Å². The van der Waals surface area contributed by atoms with Crippen molar-refractivity contribution in [2.45, 2.75) is 64.2 Å². The van der Waals surface area contributed by atoms with E-state index in [1.54, 1.807) is 6.04 Å². The Hall–Kier alpha value is 0.374. The van der Waals surface area contributed by atoms with Crippen molar-refractivity contribution in [2.75, 3.05) is 0 Å². The molecule has 0 amide bonds. The van der Waals surface area contributed by atoms with Crippen molar-refractivity contribution in [2.24, 2.45) is 0 Å². The molecule has 1 atom stereocenters. The number of hydrogen-bond acceptors (Lipinski definition) is 0. The van der Waals surface area contributed by atoms with Gasteiger partial charge in [0, 0.05) is 6.42 Å². The molecule has 0 aromatic carbocycles. The summed E-state index contributed by atoms with van der Waals surface area (Å²) in [6.45, 7) is 9.47. The first kappa shape index (κ1) is 16.8. The van der Waals surface area contributed by atoms with Crippen molar-refractivity contribution >= 4 is 8.07 Å². The van der Waals surface area contributed by atoms with Gasteiger partial charge >= 0.3 is 18.9 Å². The van der Waals surface area contributed by atoms with Gasteiger partial charge in [-0.3, -0.25) is 0 Å². The molecule has 1 unspecified atom stereocenters. The predicted molar refractivity (Wildman–Crippen MR) is 65.8 cm³/mol. The fourth-order valence-corrected chi connectivity index (χ4v) is 4.31. The number of rotatable bonds is 0. The van der Waals surface area contributed by atoms with E-state index in [0.717, 1.165) is 12.0 Å². The zero-order chi connectivity index (χ0) is 10.3. The van der Waals surface area contributed by atoms with Gasteiger partial charge in [-0.2, -0.15) is 0 Å². The fourth-order valence-electron chi connectivity index (χ4n) is 1.67. The second kappa shape index (κ2) is 8.66. The summed E-state index contributed by atoms with van der Waals surface area (Å²) in [4.78, 5) is 0. The van der Waals surface area contributed by atoms with Gasteiger partial charge in [0.15, 0.2) is 0 Å². The van der Waals surface area contributed by atoms with Gasteiger partial charge in [0.2, 0.25) is 0 Å². The van der Waals surface area contributed by atoms with Crippen molar-refractivity contribution in [1.29, 1.82) is 0 Å². The van der Waals surface area contributed by atoms with E-state index in [0.29, 0.717) is 0 Å². The summed E-state index contributed by atoms with van der Waals surface area (Å²) in [6, 6.07) is 1.58. The van der Waals surface area contributed by atoms with Crippen LogP contribution >= 0.6 is 0 Å². The van der Waals surface area contributed by atoms with Crippen LogP contribution in [0.3, 0.4) is 0 Å². The fraction of sp³-hybridized carbons (Fsp3) is 0.833. The summed E-state index contributed by atoms with van der Waals surface area (Å²) in [7, 11) is -0.694. The average molecular weight is 204 g/mol. The Kier molecular flexibility index (Phi) is 10.4. The minimum Gasteiger partial charge on any atom is -1.00 e. The molecule has 1 rings (SSSR count). The molecule has 0 N–H and O–H groups in total. The van der Waals surface area contributed by atoms with Crippen LogP contribution in [0.15, 0.2) is 0 Å². The molecular formula is C12H25LiSi. The van der Waals surface area contributed by atoms with E-state index in [-0.39, 0.29) is 20.3 Å². The Morgan fingerprint density at radius 2 is 1.93 bits per heavy atom. The van der Waals surface area contributed by atoms with Crippen molar-refractivity contribution in [3.63, 3.8) is 0 Å². The molecule has 0 bridgehead atoms.